The summed E-state index contributed by atoms with van der Waals surface area (Å²) in [6.45, 7) is 4.15. The van der Waals surface area contributed by atoms with Gasteiger partial charge in [0.1, 0.15) is 6.10 Å². The first-order valence-corrected chi connectivity index (χ1v) is 7.45. The maximum atomic E-state index is 5.64. The van der Waals surface area contributed by atoms with E-state index in [1.807, 2.05) is 0 Å². The maximum absolute atomic E-state index is 5.64. The summed E-state index contributed by atoms with van der Waals surface area (Å²) in [4.78, 5) is 9.64. The van der Waals surface area contributed by atoms with Crippen LogP contribution in [0.25, 0.3) is 0 Å². The van der Waals surface area contributed by atoms with Crippen molar-refractivity contribution in [2.24, 2.45) is 5.92 Å². The van der Waals surface area contributed by atoms with Crippen molar-refractivity contribution in [3.63, 3.8) is 0 Å². The van der Waals surface area contributed by atoms with Crippen LogP contribution >= 0.6 is 0 Å². The molecule has 2 heterocycles. The average Bonchev–Trinajstić information content (AvgIpc) is 3.25. The third-order valence-corrected chi connectivity index (χ3v) is 4.08. The number of rotatable bonds is 5. The Morgan fingerprint density at radius 3 is 2.89 bits per heavy atom. The summed E-state index contributed by atoms with van der Waals surface area (Å²) in [6.07, 6.45) is 5.80. The summed E-state index contributed by atoms with van der Waals surface area (Å²) in [5.41, 5.74) is 3.81. The normalized spacial score (nSPS) is 20.1. The molecule has 19 heavy (non-hydrogen) atoms. The molecule has 4 nitrogen and oxygen atoms in total. The molecule has 0 bridgehead atoms. The van der Waals surface area contributed by atoms with Gasteiger partial charge in [0, 0.05) is 37.9 Å². The van der Waals surface area contributed by atoms with Crippen molar-refractivity contribution in [2.75, 3.05) is 13.7 Å². The molecule has 1 aliphatic heterocycles. The second-order valence-corrected chi connectivity index (χ2v) is 5.62. The third kappa shape index (κ3) is 2.65. The molecule has 3 rings (SSSR count). The quantitative estimate of drug-likeness (QED) is 0.882. The van der Waals surface area contributed by atoms with E-state index in [0.29, 0.717) is 5.92 Å². The molecule has 0 radical (unpaired) electrons. The number of methoxy groups -OCH3 is 1. The molecule has 1 aromatic heterocycles. The topological polar surface area (TPSA) is 47.0 Å². The number of aromatic nitrogens is 2. The molecule has 1 atom stereocenters. The summed E-state index contributed by atoms with van der Waals surface area (Å²) >= 11 is 0. The molecule has 1 saturated carbocycles. The van der Waals surface area contributed by atoms with Gasteiger partial charge in [-0.2, -0.15) is 0 Å². The van der Waals surface area contributed by atoms with Crippen molar-refractivity contribution in [1.29, 1.82) is 0 Å². The zero-order valence-electron chi connectivity index (χ0n) is 11.9. The van der Waals surface area contributed by atoms with E-state index in [0.717, 1.165) is 38.2 Å². The molecule has 1 aliphatic carbocycles. The van der Waals surface area contributed by atoms with E-state index < -0.39 is 0 Å². The van der Waals surface area contributed by atoms with Gasteiger partial charge in [0.15, 0.2) is 5.82 Å². The van der Waals surface area contributed by atoms with Crippen LogP contribution in [-0.4, -0.2) is 23.6 Å². The Hall–Kier alpha value is -1.00. The molecule has 1 fully saturated rings. The van der Waals surface area contributed by atoms with Gasteiger partial charge in [-0.3, -0.25) is 0 Å². The van der Waals surface area contributed by atoms with Crippen LogP contribution in [-0.2, 0) is 24.1 Å². The van der Waals surface area contributed by atoms with E-state index in [4.69, 9.17) is 14.7 Å². The van der Waals surface area contributed by atoms with Crippen molar-refractivity contribution < 1.29 is 4.74 Å². The Balaban J connectivity index is 1.97. The fourth-order valence-electron chi connectivity index (χ4n) is 2.91. The molecule has 0 saturated heterocycles. The van der Waals surface area contributed by atoms with Crippen LogP contribution in [0, 0.1) is 5.92 Å². The molecule has 1 unspecified atom stereocenters. The van der Waals surface area contributed by atoms with Crippen molar-refractivity contribution in [1.82, 2.24) is 15.3 Å². The smallest absolute Gasteiger partial charge is 0.157 e. The molecule has 0 aromatic carbocycles. The molecule has 2 aliphatic rings. The van der Waals surface area contributed by atoms with Gasteiger partial charge in [-0.1, -0.05) is 13.3 Å². The van der Waals surface area contributed by atoms with Gasteiger partial charge in [-0.25, -0.2) is 9.97 Å². The van der Waals surface area contributed by atoms with E-state index in [9.17, 15) is 0 Å². The van der Waals surface area contributed by atoms with Gasteiger partial charge < -0.3 is 10.1 Å². The zero-order valence-corrected chi connectivity index (χ0v) is 11.9. The van der Waals surface area contributed by atoms with Gasteiger partial charge >= 0.3 is 0 Å². The molecular weight excluding hydrogens is 238 g/mol. The minimum Gasteiger partial charge on any atom is -0.373 e. The molecule has 0 amide bonds. The number of hydrogen-bond donors (Lipinski definition) is 1. The number of aryl methyl sites for hydroxylation is 1. The highest BCUT2D eigenvalue weighted by Crippen LogP contribution is 2.42. The molecular formula is C15H23N3O. The molecule has 104 valence electrons. The number of nitrogens with one attached hydrogen (secondary N) is 1. The lowest BCUT2D eigenvalue weighted by molar-refractivity contribution is 0.0767. The molecule has 0 spiro atoms. The Kier molecular flexibility index (Phi) is 3.80. The molecule has 1 aromatic rings. The Morgan fingerprint density at radius 1 is 1.37 bits per heavy atom. The predicted octanol–water partition coefficient (Wildman–Crippen LogP) is 2.17. The fraction of sp³-hybridized carbons (Fsp3) is 0.733. The van der Waals surface area contributed by atoms with Gasteiger partial charge in [0.25, 0.3) is 0 Å². The highest BCUT2D eigenvalue weighted by Gasteiger charge is 2.35. The van der Waals surface area contributed by atoms with Crippen molar-refractivity contribution >= 4 is 0 Å². The third-order valence-electron chi connectivity index (χ3n) is 4.08. The second-order valence-electron chi connectivity index (χ2n) is 5.62. The van der Waals surface area contributed by atoms with Crippen LogP contribution in [0.2, 0.25) is 0 Å². The number of nitrogens with zero attached hydrogens (tertiary/aromatic N) is 2. The summed E-state index contributed by atoms with van der Waals surface area (Å²) in [5.74, 6) is 1.56. The standard InChI is InChI=1S/C15H23N3O/c1-3-4-12-11-9-16-8-7-13(11)18-15(17-12)14(19-2)10-5-6-10/h10,14,16H,3-9H2,1-2H3. The van der Waals surface area contributed by atoms with E-state index in [2.05, 4.69) is 12.2 Å². The second kappa shape index (κ2) is 5.55. The SMILES string of the molecule is CCCc1nc(C(OC)C2CC2)nc2c1CNCC2. The van der Waals surface area contributed by atoms with Gasteiger partial charge in [-0.15, -0.1) is 0 Å². The number of hydrogen-bond acceptors (Lipinski definition) is 4. The summed E-state index contributed by atoms with van der Waals surface area (Å²) < 4.78 is 5.64. The lowest BCUT2D eigenvalue weighted by Crippen LogP contribution is -2.28. The first-order chi connectivity index (χ1) is 9.33. The first kappa shape index (κ1) is 13.0. The lowest BCUT2D eigenvalue weighted by atomic mass is 10.0. The summed E-state index contributed by atoms with van der Waals surface area (Å²) in [5, 5.41) is 3.43. The highest BCUT2D eigenvalue weighted by atomic mass is 16.5. The first-order valence-electron chi connectivity index (χ1n) is 7.45. The van der Waals surface area contributed by atoms with Gasteiger partial charge in [-0.05, 0) is 25.2 Å². The Morgan fingerprint density at radius 2 is 2.21 bits per heavy atom. The fourth-order valence-corrected chi connectivity index (χ4v) is 2.91. The van der Waals surface area contributed by atoms with E-state index in [1.54, 1.807) is 7.11 Å². The van der Waals surface area contributed by atoms with Crippen molar-refractivity contribution in [3.8, 4) is 0 Å². The van der Waals surface area contributed by atoms with E-state index in [-0.39, 0.29) is 6.10 Å². The van der Waals surface area contributed by atoms with Crippen LogP contribution < -0.4 is 5.32 Å². The van der Waals surface area contributed by atoms with Gasteiger partial charge in [0.2, 0.25) is 0 Å². The van der Waals surface area contributed by atoms with Crippen LogP contribution in [0.15, 0.2) is 0 Å². The molecule has 1 N–H and O–H groups in total. The van der Waals surface area contributed by atoms with Gasteiger partial charge in [0.05, 0.1) is 5.69 Å². The zero-order chi connectivity index (χ0) is 13.2. The number of fused-ring (bicyclic) bond motifs is 1. The Bertz CT molecular complexity index is 457. The lowest BCUT2D eigenvalue weighted by Gasteiger charge is -2.22. The van der Waals surface area contributed by atoms with E-state index >= 15 is 0 Å². The minimum atomic E-state index is 0.107. The van der Waals surface area contributed by atoms with Crippen LogP contribution in [0.5, 0.6) is 0 Å². The maximum Gasteiger partial charge on any atom is 0.157 e. The molecule has 4 heteroatoms. The highest BCUT2D eigenvalue weighted by molar-refractivity contribution is 5.29. The monoisotopic (exact) mass is 261 g/mol. The van der Waals surface area contributed by atoms with Crippen molar-refractivity contribution in [3.05, 3.63) is 22.8 Å². The van der Waals surface area contributed by atoms with E-state index in [1.165, 1.54) is 29.8 Å². The predicted molar refractivity (Wildman–Crippen MR) is 73.9 cm³/mol. The minimum absolute atomic E-state index is 0.107. The largest absolute Gasteiger partial charge is 0.373 e. The Labute approximate surface area is 115 Å². The van der Waals surface area contributed by atoms with Crippen molar-refractivity contribution in [2.45, 2.75) is 51.7 Å². The van der Waals surface area contributed by atoms with Crippen LogP contribution in [0.1, 0.15) is 55.1 Å². The average molecular weight is 261 g/mol. The van der Waals surface area contributed by atoms with Crippen LogP contribution in [0.3, 0.4) is 0 Å². The van der Waals surface area contributed by atoms with Crippen LogP contribution in [0.4, 0.5) is 0 Å². The summed E-state index contributed by atoms with van der Waals surface area (Å²) in [7, 11) is 1.78. The number of ether oxygens (including phenoxy) is 1. The summed E-state index contributed by atoms with van der Waals surface area (Å²) in [6, 6.07) is 0.